The van der Waals surface area contributed by atoms with Crippen molar-refractivity contribution in [3.8, 4) is 17.6 Å². The van der Waals surface area contributed by atoms with Crippen LogP contribution in [0.4, 0.5) is 0 Å². The van der Waals surface area contributed by atoms with Gasteiger partial charge in [-0.25, -0.2) is 0 Å². The van der Waals surface area contributed by atoms with Crippen LogP contribution >= 0.6 is 27.5 Å². The van der Waals surface area contributed by atoms with Gasteiger partial charge in [0.05, 0.1) is 5.56 Å². The predicted molar refractivity (Wildman–Crippen MR) is 82.1 cm³/mol. The van der Waals surface area contributed by atoms with E-state index in [-0.39, 0.29) is 12.9 Å². The lowest BCUT2D eigenvalue weighted by molar-refractivity contribution is 0.0507. The van der Waals surface area contributed by atoms with Crippen molar-refractivity contribution in [1.82, 2.24) is 0 Å². The molecule has 5 heteroatoms. The third-order valence-corrected chi connectivity index (χ3v) is 3.73. The van der Waals surface area contributed by atoms with E-state index in [4.69, 9.17) is 25.8 Å². The first-order chi connectivity index (χ1) is 9.70. The third kappa shape index (κ3) is 4.39. The van der Waals surface area contributed by atoms with Crippen LogP contribution in [0.5, 0.6) is 5.75 Å². The average Bonchev–Trinajstić information content (AvgIpc) is 2.45. The Morgan fingerprint density at radius 2 is 2.30 bits per heavy atom. The Bertz CT molecular complexity index is 516. The normalized spacial score (nSPS) is 18.2. The Labute approximate surface area is 132 Å². The number of hydrogen-bond acceptors (Lipinski definition) is 3. The lowest BCUT2D eigenvalue weighted by atomic mass is 10.1. The SMILES string of the molecule is COCOc1cc(Cl)cc(Br)c1C#CC1CCCCO1. The van der Waals surface area contributed by atoms with Crippen molar-refractivity contribution in [2.75, 3.05) is 20.5 Å². The van der Waals surface area contributed by atoms with Crippen molar-refractivity contribution in [1.29, 1.82) is 0 Å². The highest BCUT2D eigenvalue weighted by Gasteiger charge is 2.12. The number of hydrogen-bond donors (Lipinski definition) is 0. The lowest BCUT2D eigenvalue weighted by Crippen LogP contribution is -2.16. The van der Waals surface area contributed by atoms with Crippen LogP contribution in [0.2, 0.25) is 5.02 Å². The second-order valence-electron chi connectivity index (χ2n) is 4.44. The highest BCUT2D eigenvalue weighted by Crippen LogP contribution is 2.30. The molecule has 1 fully saturated rings. The number of ether oxygens (including phenoxy) is 3. The molecular weight excluding hydrogens is 344 g/mol. The summed E-state index contributed by atoms with van der Waals surface area (Å²) in [6.07, 6.45) is 3.26. The zero-order chi connectivity index (χ0) is 14.4. The van der Waals surface area contributed by atoms with E-state index in [1.165, 1.54) is 0 Å². The topological polar surface area (TPSA) is 27.7 Å². The molecule has 0 spiro atoms. The molecule has 108 valence electrons. The number of methoxy groups -OCH3 is 1. The largest absolute Gasteiger partial charge is 0.466 e. The Morgan fingerprint density at radius 3 is 3.00 bits per heavy atom. The van der Waals surface area contributed by atoms with Crippen LogP contribution in [0, 0.1) is 11.8 Å². The summed E-state index contributed by atoms with van der Waals surface area (Å²) < 4.78 is 16.8. The van der Waals surface area contributed by atoms with Gasteiger partial charge in [0.15, 0.2) is 6.79 Å². The van der Waals surface area contributed by atoms with Gasteiger partial charge < -0.3 is 14.2 Å². The van der Waals surface area contributed by atoms with Gasteiger partial charge in [-0.2, -0.15) is 0 Å². The van der Waals surface area contributed by atoms with Crippen molar-refractivity contribution in [2.24, 2.45) is 0 Å². The van der Waals surface area contributed by atoms with Gasteiger partial charge in [0.2, 0.25) is 0 Å². The Hall–Kier alpha value is -0.730. The van der Waals surface area contributed by atoms with Crippen LogP contribution < -0.4 is 4.74 Å². The molecule has 0 radical (unpaired) electrons. The van der Waals surface area contributed by atoms with E-state index in [2.05, 4.69) is 27.8 Å². The molecule has 0 aromatic heterocycles. The van der Waals surface area contributed by atoms with E-state index in [1.807, 2.05) is 0 Å². The number of rotatable bonds is 3. The molecule has 1 atom stereocenters. The first-order valence-corrected chi connectivity index (χ1v) is 7.61. The zero-order valence-electron chi connectivity index (χ0n) is 11.2. The summed E-state index contributed by atoms with van der Waals surface area (Å²) in [5, 5.41) is 0.586. The number of benzene rings is 1. The predicted octanol–water partition coefficient (Wildman–Crippen LogP) is 4.01. The number of halogens is 2. The van der Waals surface area contributed by atoms with Crippen molar-refractivity contribution in [2.45, 2.75) is 25.4 Å². The Morgan fingerprint density at radius 1 is 1.45 bits per heavy atom. The minimum atomic E-state index is 0.00148. The molecule has 1 unspecified atom stereocenters. The highest BCUT2D eigenvalue weighted by atomic mass is 79.9. The second-order valence-corrected chi connectivity index (χ2v) is 5.73. The van der Waals surface area contributed by atoms with Gasteiger partial charge in [0.25, 0.3) is 0 Å². The molecule has 2 rings (SSSR count). The maximum absolute atomic E-state index is 6.03. The summed E-state index contributed by atoms with van der Waals surface area (Å²) in [7, 11) is 1.57. The molecule has 1 aliphatic heterocycles. The van der Waals surface area contributed by atoms with Crippen molar-refractivity contribution >= 4 is 27.5 Å². The van der Waals surface area contributed by atoms with Crippen LogP contribution in [0.3, 0.4) is 0 Å². The molecule has 1 saturated heterocycles. The van der Waals surface area contributed by atoms with Gasteiger partial charge in [0.1, 0.15) is 11.9 Å². The van der Waals surface area contributed by atoms with Gasteiger partial charge in [-0.15, -0.1) is 0 Å². The maximum atomic E-state index is 6.03. The molecule has 1 aromatic carbocycles. The smallest absolute Gasteiger partial charge is 0.188 e. The van der Waals surface area contributed by atoms with E-state index in [0.717, 1.165) is 35.9 Å². The molecule has 0 bridgehead atoms. The highest BCUT2D eigenvalue weighted by molar-refractivity contribution is 9.10. The van der Waals surface area contributed by atoms with Crippen LogP contribution in [0.25, 0.3) is 0 Å². The summed E-state index contributed by atoms with van der Waals surface area (Å²) in [5.74, 6) is 6.88. The standard InChI is InChI=1S/C15H16BrClO3/c1-18-10-20-15-9-11(17)8-14(16)13(15)6-5-12-4-2-3-7-19-12/h8-9,12H,2-4,7,10H2,1H3. The molecule has 1 aromatic rings. The third-order valence-electron chi connectivity index (χ3n) is 2.89. The van der Waals surface area contributed by atoms with Gasteiger partial charge in [-0.3, -0.25) is 0 Å². The fourth-order valence-corrected chi connectivity index (χ4v) is 2.80. The minimum absolute atomic E-state index is 0.00148. The van der Waals surface area contributed by atoms with Gasteiger partial charge >= 0.3 is 0 Å². The summed E-state index contributed by atoms with van der Waals surface area (Å²) in [4.78, 5) is 0. The zero-order valence-corrected chi connectivity index (χ0v) is 13.6. The quantitative estimate of drug-likeness (QED) is 0.603. The summed E-state index contributed by atoms with van der Waals surface area (Å²) >= 11 is 9.49. The van der Waals surface area contributed by atoms with Crippen molar-refractivity contribution in [3.63, 3.8) is 0 Å². The first-order valence-electron chi connectivity index (χ1n) is 6.44. The molecule has 0 aliphatic carbocycles. The fourth-order valence-electron chi connectivity index (χ4n) is 1.91. The van der Waals surface area contributed by atoms with E-state index < -0.39 is 0 Å². The summed E-state index contributed by atoms with van der Waals surface area (Å²) in [6, 6.07) is 3.53. The lowest BCUT2D eigenvalue weighted by Gasteiger charge is -2.17. The summed E-state index contributed by atoms with van der Waals surface area (Å²) in [6.45, 7) is 0.940. The molecular formula is C15H16BrClO3. The Balaban J connectivity index is 2.22. The minimum Gasteiger partial charge on any atom is -0.466 e. The molecule has 1 aliphatic rings. The Kier molecular flexibility index (Phi) is 6.18. The van der Waals surface area contributed by atoms with Gasteiger partial charge in [-0.05, 0) is 41.3 Å². The second kappa shape index (κ2) is 7.90. The van der Waals surface area contributed by atoms with Gasteiger partial charge in [0, 0.05) is 29.3 Å². The van der Waals surface area contributed by atoms with E-state index >= 15 is 0 Å². The van der Waals surface area contributed by atoms with E-state index in [0.29, 0.717) is 10.8 Å². The monoisotopic (exact) mass is 358 g/mol. The summed E-state index contributed by atoms with van der Waals surface area (Å²) in [5.41, 5.74) is 0.764. The molecule has 3 nitrogen and oxygen atoms in total. The fraction of sp³-hybridized carbons (Fsp3) is 0.467. The van der Waals surface area contributed by atoms with E-state index in [1.54, 1.807) is 19.2 Å². The van der Waals surface area contributed by atoms with Crippen LogP contribution in [0.15, 0.2) is 16.6 Å². The molecule has 1 heterocycles. The van der Waals surface area contributed by atoms with Crippen LogP contribution in [-0.2, 0) is 9.47 Å². The molecule has 0 N–H and O–H groups in total. The van der Waals surface area contributed by atoms with Gasteiger partial charge in [-0.1, -0.05) is 23.4 Å². The van der Waals surface area contributed by atoms with Crippen LogP contribution in [0.1, 0.15) is 24.8 Å². The first kappa shape index (κ1) is 15.7. The maximum Gasteiger partial charge on any atom is 0.188 e. The molecule has 0 amide bonds. The average molecular weight is 360 g/mol. The van der Waals surface area contributed by atoms with Crippen molar-refractivity contribution in [3.05, 3.63) is 27.2 Å². The van der Waals surface area contributed by atoms with Crippen molar-refractivity contribution < 1.29 is 14.2 Å². The van der Waals surface area contributed by atoms with Crippen LogP contribution in [-0.4, -0.2) is 26.6 Å². The molecule has 0 saturated carbocycles. The van der Waals surface area contributed by atoms with E-state index in [9.17, 15) is 0 Å². The molecule has 20 heavy (non-hydrogen) atoms.